The second-order valence-electron chi connectivity index (χ2n) is 16.3. The molecule has 0 aliphatic carbocycles. The molecule has 0 fully saturated rings. The van der Waals surface area contributed by atoms with Crippen molar-refractivity contribution in [2.45, 2.75) is 213 Å². The van der Waals surface area contributed by atoms with Crippen LogP contribution >= 0.6 is 0 Å². The Hall–Kier alpha value is -4.19. The summed E-state index contributed by atoms with van der Waals surface area (Å²) in [5.74, 6) is -1.04. The molecule has 6 nitrogen and oxygen atoms in total. The monoisotopic (exact) mass is 885 g/mol. The summed E-state index contributed by atoms with van der Waals surface area (Å²) in [5.41, 5.74) is 0. The second kappa shape index (κ2) is 51.4. The Morgan fingerprint density at radius 2 is 0.625 bits per heavy atom. The van der Waals surface area contributed by atoms with E-state index in [-0.39, 0.29) is 44.0 Å². The van der Waals surface area contributed by atoms with Crippen molar-refractivity contribution in [2.75, 3.05) is 13.2 Å². The SMILES string of the molecule is CC/C=C\C/C=C\C/C=C\C/C=C\C/C=C\CCCC(=O)OC[C@@H](COC(=O)CCCCCCC/C=C\CCCCCCC)OC(=O)CCCC/C=C\C/C=C\C/C=C\C/C=C\CC. The molecular weight excluding hydrogens is 793 g/mol. The minimum absolute atomic E-state index is 0.120. The van der Waals surface area contributed by atoms with E-state index in [1.807, 2.05) is 0 Å². The fourth-order valence-corrected chi connectivity index (χ4v) is 6.40. The molecule has 0 aliphatic rings. The van der Waals surface area contributed by atoms with E-state index in [1.54, 1.807) is 0 Å². The zero-order valence-electron chi connectivity index (χ0n) is 41.0. The van der Waals surface area contributed by atoms with Crippen LogP contribution in [-0.4, -0.2) is 37.2 Å². The van der Waals surface area contributed by atoms with E-state index in [4.69, 9.17) is 14.2 Å². The molecule has 0 aromatic carbocycles. The Bertz CT molecular complexity index is 1390. The Labute approximate surface area is 392 Å². The highest BCUT2D eigenvalue weighted by molar-refractivity contribution is 5.71. The van der Waals surface area contributed by atoms with Crippen molar-refractivity contribution in [3.05, 3.63) is 122 Å². The van der Waals surface area contributed by atoms with Gasteiger partial charge in [-0.05, 0) is 122 Å². The van der Waals surface area contributed by atoms with Crippen molar-refractivity contribution < 1.29 is 28.6 Å². The van der Waals surface area contributed by atoms with Gasteiger partial charge < -0.3 is 14.2 Å². The quantitative estimate of drug-likeness (QED) is 0.0262. The predicted molar refractivity (Wildman–Crippen MR) is 274 cm³/mol. The Kier molecular flexibility index (Phi) is 48.1. The summed E-state index contributed by atoms with van der Waals surface area (Å²) in [7, 11) is 0. The van der Waals surface area contributed by atoms with Crippen LogP contribution in [0.3, 0.4) is 0 Å². The standard InChI is InChI=1S/C58H92O6/c1-4-7-10-13-16-19-22-25-28-29-31-33-36-39-42-45-48-51-57(60)63-54-55(53-62-56(59)50-47-44-41-38-35-32-27-24-21-18-15-12-9-6-3)64-58(61)52-49-46-43-40-37-34-30-26-23-20-17-14-11-8-5-2/h7-8,10-11,16-17,19-20,24-28,30-31,33,37,39-40,42,55H,4-6,9,12-15,18,21-23,29,32,34-36,38,41,43-54H2,1-3H3/b10-7-,11-8-,19-16-,20-17-,27-24-,28-25-,30-26-,33-31-,40-37-,42-39-/t55-/m1/s1. The maximum atomic E-state index is 12.8. The van der Waals surface area contributed by atoms with Crippen LogP contribution in [-0.2, 0) is 28.6 Å². The predicted octanol–water partition coefficient (Wildman–Crippen LogP) is 16.9. The van der Waals surface area contributed by atoms with E-state index in [2.05, 4.69) is 142 Å². The fourth-order valence-electron chi connectivity index (χ4n) is 6.40. The van der Waals surface area contributed by atoms with Crippen molar-refractivity contribution in [1.29, 1.82) is 0 Å². The van der Waals surface area contributed by atoms with E-state index >= 15 is 0 Å². The van der Waals surface area contributed by atoms with Gasteiger partial charge in [0.2, 0.25) is 0 Å². The molecule has 0 heterocycles. The summed E-state index contributed by atoms with van der Waals surface area (Å²) < 4.78 is 16.7. The number of hydrogen-bond donors (Lipinski definition) is 0. The lowest BCUT2D eigenvalue weighted by atomic mass is 10.1. The molecule has 0 bridgehead atoms. The molecule has 0 N–H and O–H groups in total. The summed E-state index contributed by atoms with van der Waals surface area (Å²) in [6.07, 6.45) is 70.4. The number of carbonyl (C=O) groups excluding carboxylic acids is 3. The van der Waals surface area contributed by atoms with E-state index < -0.39 is 6.10 Å². The van der Waals surface area contributed by atoms with E-state index in [0.29, 0.717) is 19.3 Å². The average Bonchev–Trinajstić information content (AvgIpc) is 3.29. The Morgan fingerprint density at radius 1 is 0.328 bits per heavy atom. The number of rotatable bonds is 44. The molecule has 0 amide bonds. The summed E-state index contributed by atoms with van der Waals surface area (Å²) in [4.78, 5) is 37.9. The smallest absolute Gasteiger partial charge is 0.306 e. The molecule has 0 aliphatic heterocycles. The van der Waals surface area contributed by atoms with Gasteiger partial charge >= 0.3 is 17.9 Å². The third-order valence-electron chi connectivity index (χ3n) is 10.2. The largest absolute Gasteiger partial charge is 0.462 e. The van der Waals surface area contributed by atoms with Gasteiger partial charge in [0.15, 0.2) is 6.10 Å². The normalized spacial score (nSPS) is 13.1. The first-order chi connectivity index (χ1) is 31.5. The first-order valence-corrected chi connectivity index (χ1v) is 25.5. The number of esters is 3. The molecule has 0 radical (unpaired) electrons. The van der Waals surface area contributed by atoms with Crippen LogP contribution in [0.5, 0.6) is 0 Å². The van der Waals surface area contributed by atoms with Crippen molar-refractivity contribution in [3.8, 4) is 0 Å². The maximum Gasteiger partial charge on any atom is 0.306 e. The maximum absolute atomic E-state index is 12.8. The van der Waals surface area contributed by atoms with Crippen LogP contribution in [0.2, 0.25) is 0 Å². The first kappa shape index (κ1) is 59.8. The van der Waals surface area contributed by atoms with Crippen LogP contribution in [0.15, 0.2) is 122 Å². The Balaban J connectivity index is 4.58. The first-order valence-electron chi connectivity index (χ1n) is 25.5. The summed E-state index contributed by atoms with van der Waals surface area (Å²) in [6, 6.07) is 0. The lowest BCUT2D eigenvalue weighted by molar-refractivity contribution is -0.167. The molecule has 0 spiro atoms. The number of unbranched alkanes of at least 4 members (excludes halogenated alkanes) is 13. The van der Waals surface area contributed by atoms with Gasteiger partial charge in [-0.3, -0.25) is 14.4 Å². The molecule has 0 aromatic heterocycles. The summed E-state index contributed by atoms with van der Waals surface area (Å²) >= 11 is 0. The van der Waals surface area contributed by atoms with Gasteiger partial charge in [0.1, 0.15) is 13.2 Å². The van der Waals surface area contributed by atoms with Gasteiger partial charge in [0.05, 0.1) is 0 Å². The average molecular weight is 885 g/mol. The molecule has 0 unspecified atom stereocenters. The lowest BCUT2D eigenvalue weighted by Gasteiger charge is -2.18. The minimum atomic E-state index is -0.829. The zero-order valence-corrected chi connectivity index (χ0v) is 41.0. The summed E-state index contributed by atoms with van der Waals surface area (Å²) in [5, 5.41) is 0. The van der Waals surface area contributed by atoms with Gasteiger partial charge in [-0.25, -0.2) is 0 Å². The third kappa shape index (κ3) is 48.8. The lowest BCUT2D eigenvalue weighted by Crippen LogP contribution is -2.30. The molecule has 0 rings (SSSR count). The molecule has 64 heavy (non-hydrogen) atoms. The van der Waals surface area contributed by atoms with Crippen molar-refractivity contribution in [1.82, 2.24) is 0 Å². The highest BCUT2D eigenvalue weighted by Crippen LogP contribution is 2.12. The Morgan fingerprint density at radius 3 is 1.06 bits per heavy atom. The highest BCUT2D eigenvalue weighted by atomic mass is 16.6. The van der Waals surface area contributed by atoms with Gasteiger partial charge in [-0.2, -0.15) is 0 Å². The number of hydrogen-bond acceptors (Lipinski definition) is 6. The number of allylic oxidation sites excluding steroid dienone is 20. The highest BCUT2D eigenvalue weighted by Gasteiger charge is 2.19. The minimum Gasteiger partial charge on any atom is -0.462 e. The van der Waals surface area contributed by atoms with Gasteiger partial charge in [-0.1, -0.05) is 187 Å². The van der Waals surface area contributed by atoms with Crippen molar-refractivity contribution >= 4 is 17.9 Å². The number of carbonyl (C=O) groups is 3. The molecule has 0 aromatic rings. The van der Waals surface area contributed by atoms with Crippen LogP contribution in [0.4, 0.5) is 0 Å². The van der Waals surface area contributed by atoms with E-state index in [9.17, 15) is 14.4 Å². The van der Waals surface area contributed by atoms with Crippen LogP contribution in [0.25, 0.3) is 0 Å². The van der Waals surface area contributed by atoms with Crippen molar-refractivity contribution in [3.63, 3.8) is 0 Å². The molecular formula is C58H92O6. The number of ether oxygens (including phenoxy) is 3. The molecule has 1 atom stereocenters. The van der Waals surface area contributed by atoms with Crippen LogP contribution in [0, 0.1) is 0 Å². The van der Waals surface area contributed by atoms with Gasteiger partial charge in [-0.15, -0.1) is 0 Å². The summed E-state index contributed by atoms with van der Waals surface area (Å²) in [6.45, 7) is 6.29. The zero-order chi connectivity index (χ0) is 46.5. The topological polar surface area (TPSA) is 78.9 Å². The van der Waals surface area contributed by atoms with E-state index in [0.717, 1.165) is 109 Å². The third-order valence-corrected chi connectivity index (χ3v) is 10.2. The van der Waals surface area contributed by atoms with Gasteiger partial charge in [0, 0.05) is 19.3 Å². The van der Waals surface area contributed by atoms with Crippen molar-refractivity contribution in [2.24, 2.45) is 0 Å². The van der Waals surface area contributed by atoms with Crippen LogP contribution in [0.1, 0.15) is 207 Å². The molecule has 0 saturated carbocycles. The molecule has 6 heteroatoms. The van der Waals surface area contributed by atoms with Crippen LogP contribution < -0.4 is 0 Å². The van der Waals surface area contributed by atoms with E-state index in [1.165, 1.54) is 44.9 Å². The molecule has 0 saturated heterocycles. The molecule has 360 valence electrons. The van der Waals surface area contributed by atoms with Gasteiger partial charge in [0.25, 0.3) is 0 Å². The second-order valence-corrected chi connectivity index (χ2v) is 16.3. The fraction of sp³-hybridized carbons (Fsp3) is 0.603.